The minimum Gasteiger partial charge on any atom is -0.298 e. The smallest absolute Gasteiger partial charge is 0.171 e. The van der Waals surface area contributed by atoms with Crippen LogP contribution >= 0.6 is 11.8 Å². The molecule has 3 nitrogen and oxygen atoms in total. The number of thioether (sulfide) groups is 1. The Hall–Kier alpha value is -0.220. The van der Waals surface area contributed by atoms with Crippen molar-refractivity contribution >= 4 is 16.9 Å². The number of amidine groups is 1. The highest BCUT2D eigenvalue weighted by Gasteiger charge is 2.27. The van der Waals surface area contributed by atoms with Gasteiger partial charge in [0.1, 0.15) is 0 Å². The minimum atomic E-state index is 0.288. The van der Waals surface area contributed by atoms with E-state index in [-0.39, 0.29) is 5.41 Å². The fourth-order valence-corrected chi connectivity index (χ4v) is 3.27. The second-order valence-electron chi connectivity index (χ2n) is 6.11. The first-order chi connectivity index (χ1) is 8.05. The third-order valence-corrected chi connectivity index (χ3v) is 4.42. The fraction of sp³-hybridized carbons (Fsp3) is 0.923. The average Bonchev–Trinajstić information content (AvgIpc) is 2.29. The van der Waals surface area contributed by atoms with Crippen molar-refractivity contribution < 1.29 is 0 Å². The molecular weight excluding hydrogens is 230 g/mol. The van der Waals surface area contributed by atoms with Crippen LogP contribution in [0.5, 0.6) is 0 Å². The van der Waals surface area contributed by atoms with Gasteiger partial charge < -0.3 is 0 Å². The Bertz CT molecular complexity index is 277. The summed E-state index contributed by atoms with van der Waals surface area (Å²) in [6.45, 7) is 9.19. The van der Waals surface area contributed by atoms with Crippen LogP contribution in [-0.4, -0.2) is 35.1 Å². The van der Waals surface area contributed by atoms with Gasteiger partial charge in [-0.3, -0.25) is 10.4 Å². The van der Waals surface area contributed by atoms with Crippen LogP contribution in [0.2, 0.25) is 0 Å². The van der Waals surface area contributed by atoms with Gasteiger partial charge in [0.15, 0.2) is 5.17 Å². The van der Waals surface area contributed by atoms with Crippen molar-refractivity contribution in [1.82, 2.24) is 10.4 Å². The van der Waals surface area contributed by atoms with E-state index in [1.165, 1.54) is 44.5 Å². The Kier molecular flexibility index (Phi) is 4.36. The predicted molar refractivity (Wildman–Crippen MR) is 76.3 cm³/mol. The summed E-state index contributed by atoms with van der Waals surface area (Å²) < 4.78 is 0. The average molecular weight is 255 g/mol. The van der Waals surface area contributed by atoms with Crippen LogP contribution in [0.3, 0.4) is 0 Å². The fourth-order valence-electron chi connectivity index (χ4n) is 2.34. The van der Waals surface area contributed by atoms with Gasteiger partial charge in [0.05, 0.1) is 6.04 Å². The summed E-state index contributed by atoms with van der Waals surface area (Å²) >= 11 is 1.87. The molecule has 0 aromatic heterocycles. The van der Waals surface area contributed by atoms with Gasteiger partial charge >= 0.3 is 0 Å². The van der Waals surface area contributed by atoms with Gasteiger partial charge in [-0.1, -0.05) is 39.0 Å². The topological polar surface area (TPSA) is 27.6 Å². The van der Waals surface area contributed by atoms with Crippen LogP contribution in [0.25, 0.3) is 0 Å². The molecule has 1 atom stereocenters. The summed E-state index contributed by atoms with van der Waals surface area (Å²) in [4.78, 5) is 4.87. The van der Waals surface area contributed by atoms with Gasteiger partial charge in [0, 0.05) is 18.8 Å². The maximum atomic E-state index is 4.87. The Morgan fingerprint density at radius 2 is 1.94 bits per heavy atom. The summed E-state index contributed by atoms with van der Waals surface area (Å²) in [6, 6.07) is 0.469. The lowest BCUT2D eigenvalue weighted by molar-refractivity contribution is 0.195. The number of hydrogen-bond acceptors (Lipinski definition) is 4. The maximum Gasteiger partial charge on any atom is 0.171 e. The predicted octanol–water partition coefficient (Wildman–Crippen LogP) is 2.88. The Balaban J connectivity index is 1.93. The van der Waals surface area contributed by atoms with Crippen LogP contribution in [-0.2, 0) is 0 Å². The number of nitrogens with one attached hydrogen (secondary N) is 1. The lowest BCUT2D eigenvalue weighted by atomic mass is 9.85. The zero-order chi connectivity index (χ0) is 12.3. The van der Waals surface area contributed by atoms with Crippen LogP contribution in [0, 0.1) is 5.41 Å². The van der Waals surface area contributed by atoms with Gasteiger partial charge in [0.2, 0.25) is 0 Å². The molecule has 17 heavy (non-hydrogen) atoms. The first-order valence-corrected chi connectivity index (χ1v) is 7.76. The first kappa shape index (κ1) is 13.2. The van der Waals surface area contributed by atoms with Crippen LogP contribution < -0.4 is 5.43 Å². The van der Waals surface area contributed by atoms with E-state index < -0.39 is 0 Å². The number of piperidine rings is 1. The largest absolute Gasteiger partial charge is 0.298 e. The van der Waals surface area contributed by atoms with E-state index in [1.807, 2.05) is 11.8 Å². The Labute approximate surface area is 109 Å². The number of nitrogens with zero attached hydrogens (tertiary/aromatic N) is 2. The van der Waals surface area contributed by atoms with Crippen molar-refractivity contribution in [3.63, 3.8) is 0 Å². The number of rotatable bonds is 1. The highest BCUT2D eigenvalue weighted by atomic mass is 32.2. The SMILES string of the molecule is CC(C)(C)C1CCSC(NN2CCCCC2)=N1. The van der Waals surface area contributed by atoms with Gasteiger partial charge in [-0.25, -0.2) is 5.01 Å². The second-order valence-corrected chi connectivity index (χ2v) is 7.20. The van der Waals surface area contributed by atoms with E-state index in [0.717, 1.165) is 5.17 Å². The molecule has 0 spiro atoms. The molecule has 0 radical (unpaired) electrons. The minimum absolute atomic E-state index is 0.288. The van der Waals surface area contributed by atoms with E-state index in [9.17, 15) is 0 Å². The molecule has 1 saturated heterocycles. The number of hydrogen-bond donors (Lipinski definition) is 1. The van der Waals surface area contributed by atoms with E-state index in [4.69, 9.17) is 4.99 Å². The van der Waals surface area contributed by atoms with E-state index in [2.05, 4.69) is 31.2 Å². The lowest BCUT2D eigenvalue weighted by Gasteiger charge is -2.34. The van der Waals surface area contributed by atoms with E-state index in [1.54, 1.807) is 0 Å². The molecule has 0 aromatic rings. The molecule has 0 amide bonds. The Morgan fingerprint density at radius 1 is 1.24 bits per heavy atom. The van der Waals surface area contributed by atoms with Crippen molar-refractivity contribution in [2.45, 2.75) is 52.5 Å². The number of hydrazine groups is 1. The molecule has 2 rings (SSSR count). The van der Waals surface area contributed by atoms with Crippen molar-refractivity contribution in [3.8, 4) is 0 Å². The molecule has 4 heteroatoms. The zero-order valence-corrected chi connectivity index (χ0v) is 12.1. The van der Waals surface area contributed by atoms with Crippen LogP contribution in [0.1, 0.15) is 46.5 Å². The van der Waals surface area contributed by atoms with Crippen molar-refractivity contribution in [3.05, 3.63) is 0 Å². The van der Waals surface area contributed by atoms with E-state index >= 15 is 0 Å². The quantitative estimate of drug-likeness (QED) is 0.781. The normalized spacial score (nSPS) is 27.7. The molecule has 0 bridgehead atoms. The molecule has 1 fully saturated rings. The number of aliphatic imine (C=N–C) groups is 1. The highest BCUT2D eigenvalue weighted by Crippen LogP contribution is 2.30. The van der Waals surface area contributed by atoms with Gasteiger partial charge in [0.25, 0.3) is 0 Å². The van der Waals surface area contributed by atoms with Crippen molar-refractivity contribution in [2.24, 2.45) is 10.4 Å². The molecule has 0 aliphatic carbocycles. The third-order valence-electron chi connectivity index (χ3n) is 3.51. The molecular formula is C13H25N3S. The van der Waals surface area contributed by atoms with Crippen molar-refractivity contribution in [2.75, 3.05) is 18.8 Å². The first-order valence-electron chi connectivity index (χ1n) is 6.78. The van der Waals surface area contributed by atoms with Crippen molar-refractivity contribution in [1.29, 1.82) is 0 Å². The third kappa shape index (κ3) is 3.88. The monoisotopic (exact) mass is 255 g/mol. The molecule has 1 unspecified atom stereocenters. The van der Waals surface area contributed by atoms with Gasteiger partial charge in [-0.2, -0.15) is 0 Å². The molecule has 1 N–H and O–H groups in total. The summed E-state index contributed by atoms with van der Waals surface area (Å²) in [7, 11) is 0. The molecule has 0 saturated carbocycles. The zero-order valence-electron chi connectivity index (χ0n) is 11.3. The summed E-state index contributed by atoms with van der Waals surface area (Å²) in [5.41, 5.74) is 3.79. The van der Waals surface area contributed by atoms with Gasteiger partial charge in [-0.05, 0) is 24.7 Å². The molecule has 2 aliphatic rings. The summed E-state index contributed by atoms with van der Waals surface area (Å²) in [6.07, 6.45) is 5.21. The highest BCUT2D eigenvalue weighted by molar-refractivity contribution is 8.13. The molecule has 2 aliphatic heterocycles. The second kappa shape index (κ2) is 5.61. The standard InChI is InChI=1S/C13H25N3S/c1-13(2,3)11-7-10-17-12(14-11)15-16-8-5-4-6-9-16/h11H,4-10H2,1-3H3,(H,14,15). The molecule has 2 heterocycles. The van der Waals surface area contributed by atoms with Gasteiger partial charge in [-0.15, -0.1) is 0 Å². The van der Waals surface area contributed by atoms with Crippen LogP contribution in [0.4, 0.5) is 0 Å². The Morgan fingerprint density at radius 3 is 2.59 bits per heavy atom. The molecule has 0 aromatic carbocycles. The van der Waals surface area contributed by atoms with E-state index in [0.29, 0.717) is 6.04 Å². The lowest BCUT2D eigenvalue weighted by Crippen LogP contribution is -2.46. The maximum absolute atomic E-state index is 4.87. The van der Waals surface area contributed by atoms with Crippen LogP contribution in [0.15, 0.2) is 4.99 Å². The summed E-state index contributed by atoms with van der Waals surface area (Å²) in [5, 5.41) is 3.47. The molecule has 98 valence electrons. The summed E-state index contributed by atoms with van der Waals surface area (Å²) in [5.74, 6) is 1.20.